The fourth-order valence-corrected chi connectivity index (χ4v) is 4.35. The molecule has 5 rings (SSSR count). The number of rotatable bonds is 5. The van der Waals surface area contributed by atoms with Crippen LogP contribution in [-0.2, 0) is 11.3 Å². The zero-order chi connectivity index (χ0) is 22.9. The average Bonchev–Trinajstić information content (AvgIpc) is 3.25. The predicted octanol–water partition coefficient (Wildman–Crippen LogP) is 4.26. The third kappa shape index (κ3) is 4.17. The van der Waals surface area contributed by atoms with Crippen LogP contribution in [0.1, 0.15) is 27.9 Å². The van der Waals surface area contributed by atoms with Crippen molar-refractivity contribution in [1.29, 1.82) is 0 Å². The summed E-state index contributed by atoms with van der Waals surface area (Å²) < 4.78 is 17.6. The van der Waals surface area contributed by atoms with Crippen molar-refractivity contribution in [3.8, 4) is 5.75 Å². The van der Waals surface area contributed by atoms with Crippen molar-refractivity contribution in [2.75, 3.05) is 40.9 Å². The summed E-state index contributed by atoms with van der Waals surface area (Å²) >= 11 is 0. The Hall–Kier alpha value is -3.42. The van der Waals surface area contributed by atoms with Crippen LogP contribution in [0.5, 0.6) is 5.75 Å². The van der Waals surface area contributed by atoms with Crippen LogP contribution in [0, 0.1) is 0 Å². The molecular formula is C26H27N3O4. The van der Waals surface area contributed by atoms with Gasteiger partial charge in [0.1, 0.15) is 11.9 Å². The molecule has 0 unspecified atom stereocenters. The Balaban J connectivity index is 1.41. The Morgan fingerprint density at radius 3 is 2.85 bits per heavy atom. The van der Waals surface area contributed by atoms with E-state index in [1.165, 1.54) is 0 Å². The van der Waals surface area contributed by atoms with Gasteiger partial charge in [-0.1, -0.05) is 30.3 Å². The molecule has 1 aliphatic heterocycles. The highest BCUT2D eigenvalue weighted by molar-refractivity contribution is 6.06. The fraction of sp³-hybridized carbons (Fsp3) is 0.308. The van der Waals surface area contributed by atoms with E-state index in [9.17, 15) is 4.79 Å². The quantitative estimate of drug-likeness (QED) is 0.457. The van der Waals surface area contributed by atoms with Gasteiger partial charge in [-0.25, -0.2) is 4.98 Å². The van der Waals surface area contributed by atoms with Crippen molar-refractivity contribution in [2.45, 2.75) is 12.6 Å². The van der Waals surface area contributed by atoms with Crippen LogP contribution in [0.15, 0.2) is 59.0 Å². The van der Waals surface area contributed by atoms with E-state index in [-0.39, 0.29) is 12.0 Å². The molecule has 1 atom stereocenters. The Kier molecular flexibility index (Phi) is 5.74. The number of para-hydroxylation sites is 2. The van der Waals surface area contributed by atoms with Gasteiger partial charge in [-0.3, -0.25) is 9.69 Å². The number of nitrogens with zero attached hydrogens (tertiary/aromatic N) is 3. The maximum absolute atomic E-state index is 12.9. The highest BCUT2D eigenvalue weighted by atomic mass is 16.5. The first-order valence-corrected chi connectivity index (χ1v) is 11.0. The summed E-state index contributed by atoms with van der Waals surface area (Å²) in [5, 5.41) is 1.88. The molecule has 1 saturated heterocycles. The first kappa shape index (κ1) is 21.4. The molecule has 7 heteroatoms. The molecule has 0 N–H and O–H groups in total. The average molecular weight is 446 g/mol. The molecule has 0 spiro atoms. The van der Waals surface area contributed by atoms with Gasteiger partial charge in [-0.2, -0.15) is 0 Å². The van der Waals surface area contributed by atoms with E-state index in [1.54, 1.807) is 26.1 Å². The summed E-state index contributed by atoms with van der Waals surface area (Å²) in [4.78, 5) is 21.6. The number of ether oxygens (including phenoxy) is 2. The van der Waals surface area contributed by atoms with Gasteiger partial charge in [0, 0.05) is 38.0 Å². The van der Waals surface area contributed by atoms with Crippen LogP contribution in [-0.4, -0.2) is 61.6 Å². The first-order chi connectivity index (χ1) is 16.0. The number of hydrogen-bond acceptors (Lipinski definition) is 6. The lowest BCUT2D eigenvalue weighted by Crippen LogP contribution is -2.38. The molecule has 2 aromatic carbocycles. The molecule has 1 aliphatic rings. The molecule has 33 heavy (non-hydrogen) atoms. The summed E-state index contributed by atoms with van der Waals surface area (Å²) in [5.41, 5.74) is 2.98. The Labute approximate surface area is 192 Å². The number of aromatic nitrogens is 1. The van der Waals surface area contributed by atoms with Crippen molar-refractivity contribution >= 4 is 27.8 Å². The van der Waals surface area contributed by atoms with Gasteiger partial charge in [0.2, 0.25) is 0 Å². The van der Waals surface area contributed by atoms with Crippen LogP contribution in [0.4, 0.5) is 0 Å². The fourth-order valence-electron chi connectivity index (χ4n) is 4.35. The van der Waals surface area contributed by atoms with E-state index in [2.05, 4.69) is 11.0 Å². The molecule has 0 aliphatic carbocycles. The van der Waals surface area contributed by atoms with Crippen molar-refractivity contribution in [3.63, 3.8) is 0 Å². The number of carbonyl (C=O) groups excluding carboxylic acids is 1. The standard InChI is InChI=1S/C26H27N3O4/c1-28(2)26(30)20-14-22(27-21-9-5-4-8-19(20)21)24-16-29(11-12-32-24)15-18-13-17-7-6-10-23(31-3)25(17)33-18/h4-10,13-14,24H,11-12,15-16H2,1-3H3/t24-/m1/s1. The molecule has 3 heterocycles. The zero-order valence-electron chi connectivity index (χ0n) is 19.1. The third-order valence-electron chi connectivity index (χ3n) is 6.01. The monoisotopic (exact) mass is 445 g/mol. The molecule has 0 saturated carbocycles. The second-order valence-corrected chi connectivity index (χ2v) is 8.50. The number of hydrogen-bond donors (Lipinski definition) is 0. The third-order valence-corrected chi connectivity index (χ3v) is 6.01. The number of benzene rings is 2. The maximum atomic E-state index is 12.9. The largest absolute Gasteiger partial charge is 0.493 e. The molecule has 1 fully saturated rings. The minimum absolute atomic E-state index is 0.0428. The SMILES string of the molecule is COc1cccc2cc(CN3CCO[C@@H](c4cc(C(=O)N(C)C)c5ccccc5n4)C3)oc12. The topological polar surface area (TPSA) is 68.0 Å². The lowest BCUT2D eigenvalue weighted by atomic mass is 10.0. The molecule has 170 valence electrons. The minimum atomic E-state index is -0.226. The number of carbonyl (C=O) groups is 1. The first-order valence-electron chi connectivity index (χ1n) is 11.0. The smallest absolute Gasteiger partial charge is 0.254 e. The number of furan rings is 1. The molecule has 7 nitrogen and oxygen atoms in total. The van der Waals surface area contributed by atoms with E-state index < -0.39 is 0 Å². The molecule has 2 aromatic heterocycles. The summed E-state index contributed by atoms with van der Waals surface area (Å²) in [6, 6.07) is 17.6. The van der Waals surface area contributed by atoms with Gasteiger partial charge in [0.15, 0.2) is 11.3 Å². The normalized spacial score (nSPS) is 16.9. The Morgan fingerprint density at radius 2 is 2.03 bits per heavy atom. The van der Waals surface area contributed by atoms with Gasteiger partial charge in [0.25, 0.3) is 5.91 Å². The molecule has 0 radical (unpaired) electrons. The van der Waals surface area contributed by atoms with Crippen molar-refractivity contribution in [3.05, 3.63) is 71.6 Å². The van der Waals surface area contributed by atoms with E-state index in [0.717, 1.165) is 45.6 Å². The Morgan fingerprint density at radius 1 is 1.18 bits per heavy atom. The predicted molar refractivity (Wildman–Crippen MR) is 126 cm³/mol. The molecule has 4 aromatic rings. The van der Waals surface area contributed by atoms with E-state index in [1.807, 2.05) is 48.5 Å². The molecule has 0 bridgehead atoms. The molecular weight excluding hydrogens is 418 g/mol. The van der Waals surface area contributed by atoms with Crippen LogP contribution in [0.25, 0.3) is 21.9 Å². The number of pyridine rings is 1. The van der Waals surface area contributed by atoms with Gasteiger partial charge >= 0.3 is 0 Å². The number of morpholine rings is 1. The number of amides is 1. The van der Waals surface area contributed by atoms with Gasteiger partial charge in [-0.05, 0) is 24.3 Å². The van der Waals surface area contributed by atoms with Gasteiger partial charge < -0.3 is 18.8 Å². The summed E-state index contributed by atoms with van der Waals surface area (Å²) in [6.07, 6.45) is -0.226. The molecule has 1 amide bonds. The van der Waals surface area contributed by atoms with E-state index >= 15 is 0 Å². The Bertz CT molecular complexity index is 1310. The van der Waals surface area contributed by atoms with Crippen LogP contribution >= 0.6 is 0 Å². The van der Waals surface area contributed by atoms with E-state index in [4.69, 9.17) is 18.9 Å². The lowest BCUT2D eigenvalue weighted by Gasteiger charge is -2.32. The van der Waals surface area contributed by atoms with Crippen LogP contribution < -0.4 is 4.74 Å². The highest BCUT2D eigenvalue weighted by Gasteiger charge is 2.26. The highest BCUT2D eigenvalue weighted by Crippen LogP contribution is 2.31. The van der Waals surface area contributed by atoms with Crippen LogP contribution in [0.2, 0.25) is 0 Å². The summed E-state index contributed by atoms with van der Waals surface area (Å²) in [5.74, 6) is 1.57. The van der Waals surface area contributed by atoms with Gasteiger partial charge in [0.05, 0.1) is 37.0 Å². The second-order valence-electron chi connectivity index (χ2n) is 8.50. The number of fused-ring (bicyclic) bond motifs is 2. The maximum Gasteiger partial charge on any atom is 0.254 e. The van der Waals surface area contributed by atoms with Gasteiger partial charge in [-0.15, -0.1) is 0 Å². The summed E-state index contributed by atoms with van der Waals surface area (Å²) in [6.45, 7) is 2.70. The second kappa shape index (κ2) is 8.84. The minimum Gasteiger partial charge on any atom is -0.493 e. The van der Waals surface area contributed by atoms with Crippen LogP contribution in [0.3, 0.4) is 0 Å². The lowest BCUT2D eigenvalue weighted by molar-refractivity contribution is -0.0364. The zero-order valence-corrected chi connectivity index (χ0v) is 19.1. The van der Waals surface area contributed by atoms with Crippen molar-refractivity contribution < 1.29 is 18.7 Å². The van der Waals surface area contributed by atoms with Crippen molar-refractivity contribution in [1.82, 2.24) is 14.8 Å². The summed E-state index contributed by atoms with van der Waals surface area (Å²) in [7, 11) is 5.17. The van der Waals surface area contributed by atoms with E-state index in [0.29, 0.717) is 25.3 Å². The van der Waals surface area contributed by atoms with Crippen molar-refractivity contribution in [2.24, 2.45) is 0 Å². The number of methoxy groups -OCH3 is 1.